The summed E-state index contributed by atoms with van der Waals surface area (Å²) in [7, 11) is 1.91. The summed E-state index contributed by atoms with van der Waals surface area (Å²) >= 11 is 0. The van der Waals surface area contributed by atoms with E-state index in [-0.39, 0.29) is 24.0 Å². The van der Waals surface area contributed by atoms with Gasteiger partial charge in [-0.3, -0.25) is 4.68 Å². The van der Waals surface area contributed by atoms with Gasteiger partial charge in [0.05, 0.1) is 12.2 Å². The summed E-state index contributed by atoms with van der Waals surface area (Å²) in [5.74, 6) is 1.82. The average molecular weight is 405 g/mol. The predicted molar refractivity (Wildman–Crippen MR) is 89.3 cm³/mol. The third-order valence-corrected chi connectivity index (χ3v) is 2.65. The first-order valence-electron chi connectivity index (χ1n) is 6.47. The molecular weight excluding hydrogens is 385 g/mol. The predicted octanol–water partition coefficient (Wildman–Crippen LogP) is 0.985. The Hall–Kier alpha value is -1.65. The molecule has 0 aliphatic heterocycles. The molecule has 9 heteroatoms. The lowest BCUT2D eigenvalue weighted by Crippen LogP contribution is -2.37. The van der Waals surface area contributed by atoms with Crippen LogP contribution >= 0.6 is 24.0 Å². The molecule has 0 fully saturated rings. The van der Waals surface area contributed by atoms with Crippen LogP contribution in [0, 0.1) is 6.92 Å². The lowest BCUT2D eigenvalue weighted by molar-refractivity contribution is 0.387. The number of aliphatic imine (C=N–C) groups is 1. The van der Waals surface area contributed by atoms with Gasteiger partial charge in [0.15, 0.2) is 11.8 Å². The second kappa shape index (κ2) is 8.60. The zero-order chi connectivity index (χ0) is 14.4. The molecule has 0 aliphatic carbocycles. The maximum atomic E-state index is 4.91. The van der Waals surface area contributed by atoms with Crippen molar-refractivity contribution in [3.05, 3.63) is 29.7 Å². The molecular formula is C12H20IN7O. The van der Waals surface area contributed by atoms with E-state index in [9.17, 15) is 0 Å². The summed E-state index contributed by atoms with van der Waals surface area (Å²) in [6.45, 7) is 5.57. The molecule has 0 atom stereocenters. The number of guanidine groups is 1. The van der Waals surface area contributed by atoms with Gasteiger partial charge in [-0.15, -0.1) is 24.0 Å². The molecule has 0 spiro atoms. The molecule has 116 valence electrons. The van der Waals surface area contributed by atoms with Gasteiger partial charge in [-0.25, -0.2) is 4.99 Å². The van der Waals surface area contributed by atoms with Crippen molar-refractivity contribution in [1.29, 1.82) is 0 Å². The standard InChI is InChI=1S/C12H19N7O.HI/c1-4-13-12(14-7-10-5-6-16-19(10)3)15-8-11-17-9(2)20-18-11;/h5-6H,4,7-8H2,1-3H3,(H2,13,14,15);1H. The van der Waals surface area contributed by atoms with Crippen LogP contribution in [0.25, 0.3) is 0 Å². The van der Waals surface area contributed by atoms with Crippen LogP contribution in [0.3, 0.4) is 0 Å². The zero-order valence-corrected chi connectivity index (χ0v) is 14.7. The minimum atomic E-state index is 0. The summed E-state index contributed by atoms with van der Waals surface area (Å²) in [4.78, 5) is 8.52. The molecule has 0 saturated heterocycles. The number of aryl methyl sites for hydroxylation is 2. The van der Waals surface area contributed by atoms with Crippen molar-refractivity contribution < 1.29 is 4.52 Å². The summed E-state index contributed by atoms with van der Waals surface area (Å²) in [5, 5.41) is 14.3. The number of hydrogen-bond acceptors (Lipinski definition) is 5. The van der Waals surface area contributed by atoms with Gasteiger partial charge in [0.2, 0.25) is 5.89 Å². The second-order valence-corrected chi connectivity index (χ2v) is 4.22. The van der Waals surface area contributed by atoms with E-state index in [0.29, 0.717) is 30.8 Å². The van der Waals surface area contributed by atoms with E-state index in [2.05, 4.69) is 30.9 Å². The van der Waals surface area contributed by atoms with Crippen molar-refractivity contribution in [2.75, 3.05) is 6.54 Å². The van der Waals surface area contributed by atoms with Gasteiger partial charge in [-0.2, -0.15) is 10.1 Å². The van der Waals surface area contributed by atoms with E-state index in [1.54, 1.807) is 13.1 Å². The molecule has 0 amide bonds. The minimum Gasteiger partial charge on any atom is -0.357 e. The van der Waals surface area contributed by atoms with Crippen molar-refractivity contribution in [2.24, 2.45) is 12.0 Å². The normalized spacial score (nSPS) is 11.1. The van der Waals surface area contributed by atoms with Crippen LogP contribution in [0.4, 0.5) is 0 Å². The van der Waals surface area contributed by atoms with E-state index in [1.165, 1.54) is 0 Å². The van der Waals surface area contributed by atoms with Crippen molar-refractivity contribution in [2.45, 2.75) is 26.9 Å². The molecule has 21 heavy (non-hydrogen) atoms. The molecule has 2 rings (SSSR count). The topological polar surface area (TPSA) is 93.2 Å². The van der Waals surface area contributed by atoms with Crippen LogP contribution in [0.5, 0.6) is 0 Å². The first-order valence-corrected chi connectivity index (χ1v) is 6.47. The number of halogens is 1. The SMILES string of the molecule is CCNC(=NCc1noc(C)n1)NCc1ccnn1C.I. The highest BCUT2D eigenvalue weighted by Gasteiger charge is 2.04. The van der Waals surface area contributed by atoms with Gasteiger partial charge in [0, 0.05) is 26.7 Å². The molecule has 0 bridgehead atoms. The molecule has 0 unspecified atom stereocenters. The Balaban J connectivity index is 0.00000220. The van der Waals surface area contributed by atoms with E-state index in [4.69, 9.17) is 4.52 Å². The maximum absolute atomic E-state index is 4.91. The largest absolute Gasteiger partial charge is 0.357 e. The maximum Gasteiger partial charge on any atom is 0.223 e. The minimum absolute atomic E-state index is 0. The monoisotopic (exact) mass is 405 g/mol. The molecule has 2 aromatic heterocycles. The molecule has 2 N–H and O–H groups in total. The smallest absolute Gasteiger partial charge is 0.223 e. The van der Waals surface area contributed by atoms with Crippen LogP contribution in [-0.4, -0.2) is 32.4 Å². The Morgan fingerprint density at radius 2 is 2.24 bits per heavy atom. The summed E-state index contributed by atoms with van der Waals surface area (Å²) in [6, 6.07) is 1.96. The van der Waals surface area contributed by atoms with Crippen LogP contribution in [-0.2, 0) is 20.1 Å². The number of hydrogen-bond donors (Lipinski definition) is 2. The van der Waals surface area contributed by atoms with E-state index in [1.807, 2.05) is 24.7 Å². The molecule has 2 heterocycles. The molecule has 0 aromatic carbocycles. The molecule has 2 aromatic rings. The van der Waals surface area contributed by atoms with Crippen LogP contribution in [0.15, 0.2) is 21.8 Å². The first-order chi connectivity index (χ1) is 9.69. The molecule has 8 nitrogen and oxygen atoms in total. The van der Waals surface area contributed by atoms with Gasteiger partial charge >= 0.3 is 0 Å². The second-order valence-electron chi connectivity index (χ2n) is 4.22. The quantitative estimate of drug-likeness (QED) is 0.438. The zero-order valence-electron chi connectivity index (χ0n) is 12.3. The molecule has 0 saturated carbocycles. The number of aromatic nitrogens is 4. The van der Waals surface area contributed by atoms with E-state index < -0.39 is 0 Å². The lowest BCUT2D eigenvalue weighted by Gasteiger charge is -2.10. The number of rotatable bonds is 5. The van der Waals surface area contributed by atoms with Crippen molar-refractivity contribution in [3.8, 4) is 0 Å². The average Bonchev–Trinajstić information content (AvgIpc) is 3.02. The van der Waals surface area contributed by atoms with Gasteiger partial charge in [0.25, 0.3) is 0 Å². The Kier molecular flexibility index (Phi) is 7.12. The van der Waals surface area contributed by atoms with Crippen molar-refractivity contribution in [3.63, 3.8) is 0 Å². The highest BCUT2D eigenvalue weighted by Crippen LogP contribution is 1.97. The van der Waals surface area contributed by atoms with E-state index in [0.717, 1.165) is 12.2 Å². The highest BCUT2D eigenvalue weighted by molar-refractivity contribution is 14.0. The first kappa shape index (κ1) is 17.4. The fraction of sp³-hybridized carbons (Fsp3) is 0.500. The van der Waals surface area contributed by atoms with Gasteiger partial charge < -0.3 is 15.2 Å². The van der Waals surface area contributed by atoms with Crippen LogP contribution in [0.2, 0.25) is 0 Å². The summed E-state index contributed by atoms with van der Waals surface area (Å²) in [6.07, 6.45) is 1.77. The fourth-order valence-corrected chi connectivity index (χ4v) is 1.65. The van der Waals surface area contributed by atoms with E-state index >= 15 is 0 Å². The third kappa shape index (κ3) is 5.33. The summed E-state index contributed by atoms with van der Waals surface area (Å²) in [5.41, 5.74) is 1.08. The van der Waals surface area contributed by atoms with Gasteiger partial charge in [-0.05, 0) is 13.0 Å². The van der Waals surface area contributed by atoms with Gasteiger partial charge in [-0.1, -0.05) is 5.16 Å². The number of nitrogens with one attached hydrogen (secondary N) is 2. The van der Waals surface area contributed by atoms with Crippen molar-refractivity contribution in [1.82, 2.24) is 30.6 Å². The Labute approximate surface area is 140 Å². The Bertz CT molecular complexity index is 578. The highest BCUT2D eigenvalue weighted by atomic mass is 127. The molecule has 0 aliphatic rings. The number of nitrogens with zero attached hydrogens (tertiary/aromatic N) is 5. The van der Waals surface area contributed by atoms with Gasteiger partial charge in [0.1, 0.15) is 6.54 Å². The van der Waals surface area contributed by atoms with Crippen LogP contribution in [0.1, 0.15) is 24.3 Å². The summed E-state index contributed by atoms with van der Waals surface area (Å²) < 4.78 is 6.73. The lowest BCUT2D eigenvalue weighted by atomic mass is 10.4. The Morgan fingerprint density at radius 1 is 1.43 bits per heavy atom. The fourth-order valence-electron chi connectivity index (χ4n) is 1.65. The van der Waals surface area contributed by atoms with Crippen molar-refractivity contribution >= 4 is 29.9 Å². The van der Waals surface area contributed by atoms with Crippen LogP contribution < -0.4 is 10.6 Å². The third-order valence-electron chi connectivity index (χ3n) is 2.65. The Morgan fingerprint density at radius 3 is 2.81 bits per heavy atom. The molecule has 0 radical (unpaired) electrons.